The molecule has 14 heteroatoms. The van der Waals surface area contributed by atoms with Gasteiger partial charge in [0.1, 0.15) is 18.1 Å². The number of nitrogens with zero attached hydrogens (tertiary/aromatic N) is 1. The Hall–Kier alpha value is -4.49. The van der Waals surface area contributed by atoms with Crippen LogP contribution in [0.25, 0.3) is 16.7 Å². The van der Waals surface area contributed by atoms with Crippen LogP contribution < -0.4 is 4.74 Å². The fourth-order valence-electron chi connectivity index (χ4n) is 6.90. The van der Waals surface area contributed by atoms with E-state index in [1.54, 1.807) is 6.92 Å². The van der Waals surface area contributed by atoms with Crippen LogP contribution in [0.2, 0.25) is 0 Å². The van der Waals surface area contributed by atoms with Crippen molar-refractivity contribution < 1.29 is 58.6 Å². The number of halogens is 9. The van der Waals surface area contributed by atoms with Gasteiger partial charge in [-0.2, -0.15) is 39.5 Å². The van der Waals surface area contributed by atoms with E-state index in [1.165, 1.54) is 43.2 Å². The zero-order chi connectivity index (χ0) is 37.8. The molecule has 0 spiro atoms. The van der Waals surface area contributed by atoms with Crippen molar-refractivity contribution in [3.63, 3.8) is 0 Å². The molecule has 1 amide bonds. The third-order valence-corrected chi connectivity index (χ3v) is 9.51. The minimum absolute atomic E-state index is 0.00620. The van der Waals surface area contributed by atoms with Crippen molar-refractivity contribution in [1.82, 2.24) is 4.90 Å². The molecule has 274 valence electrons. The average Bonchev–Trinajstić information content (AvgIpc) is 3.31. The van der Waals surface area contributed by atoms with Gasteiger partial charge in [-0.05, 0) is 108 Å². The first-order chi connectivity index (χ1) is 23.5. The second-order valence-corrected chi connectivity index (χ2v) is 13.7. The van der Waals surface area contributed by atoms with E-state index in [2.05, 4.69) is 0 Å². The summed E-state index contributed by atoms with van der Waals surface area (Å²) in [7, 11) is 1.23. The second kappa shape index (κ2) is 13.2. The van der Waals surface area contributed by atoms with E-state index in [1.807, 2.05) is 13.8 Å². The van der Waals surface area contributed by atoms with Crippen LogP contribution in [0.1, 0.15) is 89.9 Å². The number of hydrogen-bond acceptors (Lipinski definition) is 4. The number of amides is 1. The number of alkyl halides is 9. The predicted octanol–water partition coefficient (Wildman–Crippen LogP) is 11.1. The third kappa shape index (κ3) is 7.74. The summed E-state index contributed by atoms with van der Waals surface area (Å²) in [5.74, 6) is -0.0842. The average molecular weight is 728 g/mol. The van der Waals surface area contributed by atoms with Gasteiger partial charge in [0, 0.05) is 17.7 Å². The first-order valence-corrected chi connectivity index (χ1v) is 15.9. The fourth-order valence-corrected chi connectivity index (χ4v) is 6.90. The van der Waals surface area contributed by atoms with E-state index < -0.39 is 59.0 Å². The lowest BCUT2D eigenvalue weighted by molar-refractivity contribution is -0.143. The third-order valence-electron chi connectivity index (χ3n) is 9.51. The van der Waals surface area contributed by atoms with Crippen molar-refractivity contribution in [3.05, 3.63) is 93.0 Å². The highest BCUT2D eigenvalue weighted by molar-refractivity contribution is 5.84. The first-order valence-electron chi connectivity index (χ1n) is 15.9. The highest BCUT2D eigenvalue weighted by atomic mass is 19.4. The molecule has 1 aliphatic carbocycles. The van der Waals surface area contributed by atoms with E-state index in [9.17, 15) is 49.1 Å². The second-order valence-electron chi connectivity index (χ2n) is 13.7. The molecule has 2 atom stereocenters. The van der Waals surface area contributed by atoms with Crippen LogP contribution in [0.5, 0.6) is 5.75 Å². The van der Waals surface area contributed by atoms with Gasteiger partial charge in [0.25, 0.3) is 0 Å². The van der Waals surface area contributed by atoms with E-state index >= 15 is 0 Å². The molecule has 5 nitrogen and oxygen atoms in total. The Morgan fingerprint density at radius 3 is 2.04 bits per heavy atom. The lowest BCUT2D eigenvalue weighted by Gasteiger charge is -2.36. The molecule has 0 bridgehead atoms. The van der Waals surface area contributed by atoms with Gasteiger partial charge >= 0.3 is 24.6 Å². The molecule has 1 heterocycles. The number of ether oxygens (including phenoxy) is 2. The maximum absolute atomic E-state index is 14.5. The Morgan fingerprint density at radius 1 is 0.882 bits per heavy atom. The van der Waals surface area contributed by atoms with Gasteiger partial charge < -0.3 is 9.47 Å². The quantitative estimate of drug-likeness (QED) is 0.180. The van der Waals surface area contributed by atoms with Gasteiger partial charge in [0.05, 0.1) is 29.8 Å². The number of cyclic esters (lactones) is 1. The molecule has 2 aliphatic rings. The number of aryl methyl sites for hydroxylation is 1. The Bertz CT molecular complexity index is 1860. The lowest BCUT2D eigenvalue weighted by Crippen LogP contribution is -2.35. The SMILES string of the molecule is COc1cc(C(F)(F)F)c(-c2ccc(C=O)cc2C)cc1C1=C(CN2C(=O)O[C@H](c3cc(C(F)(F)F)cc(C(F)(F)F)c3)C2C)CC(C)(C)CC1. The molecule has 5 rings (SSSR count). The highest BCUT2D eigenvalue weighted by Gasteiger charge is 2.44. The molecule has 1 unspecified atom stereocenters. The summed E-state index contributed by atoms with van der Waals surface area (Å²) in [6, 6.07) is 6.60. The maximum Gasteiger partial charge on any atom is 0.417 e. The molecule has 3 aromatic rings. The van der Waals surface area contributed by atoms with Crippen LogP contribution in [0.4, 0.5) is 44.3 Å². The molecular formula is C37H34F9NO4. The fraction of sp³-hybridized carbons (Fsp3) is 0.405. The zero-order valence-electron chi connectivity index (χ0n) is 28.2. The Kier molecular flexibility index (Phi) is 9.80. The topological polar surface area (TPSA) is 55.8 Å². The van der Waals surface area contributed by atoms with Crippen LogP contribution in [-0.2, 0) is 23.3 Å². The first kappa shape index (κ1) is 37.8. The largest absolute Gasteiger partial charge is 0.496 e. The number of allylic oxidation sites excluding steroid dienone is 1. The lowest BCUT2D eigenvalue weighted by atomic mass is 9.72. The molecule has 0 saturated carbocycles. The van der Waals surface area contributed by atoms with Gasteiger partial charge in [-0.1, -0.05) is 26.0 Å². The molecule has 51 heavy (non-hydrogen) atoms. The summed E-state index contributed by atoms with van der Waals surface area (Å²) < 4.78 is 136. The van der Waals surface area contributed by atoms with Crippen molar-refractivity contribution >= 4 is 18.0 Å². The standard InChI is InChI=1S/C37H34F9NO4/c1-19-10-21(18-48)6-7-26(19)28-14-29(31(50-5)15-30(28)37(44,45)46)27-8-9-34(3,4)16-23(27)17-47-20(2)32(51-33(47)49)22-11-24(35(38,39)40)13-25(12-22)36(41,42)43/h6-7,10-15,18,20,32H,8-9,16-17H2,1-5H3/t20?,32-/m0/s1. The molecule has 1 fully saturated rings. The zero-order valence-corrected chi connectivity index (χ0v) is 28.2. The van der Waals surface area contributed by atoms with E-state index in [4.69, 9.17) is 9.47 Å². The molecule has 3 aromatic carbocycles. The van der Waals surface area contributed by atoms with E-state index in [-0.39, 0.29) is 40.5 Å². The van der Waals surface area contributed by atoms with Gasteiger partial charge in [-0.15, -0.1) is 0 Å². The summed E-state index contributed by atoms with van der Waals surface area (Å²) >= 11 is 0. The number of carbonyl (C=O) groups is 2. The van der Waals surface area contributed by atoms with Crippen LogP contribution in [0.3, 0.4) is 0 Å². The predicted molar refractivity (Wildman–Crippen MR) is 170 cm³/mol. The summed E-state index contributed by atoms with van der Waals surface area (Å²) in [4.78, 5) is 25.8. The molecule has 0 radical (unpaired) electrons. The molecule has 1 saturated heterocycles. The van der Waals surface area contributed by atoms with Gasteiger partial charge in [-0.25, -0.2) is 4.79 Å². The van der Waals surface area contributed by atoms with Gasteiger partial charge in [0.2, 0.25) is 0 Å². The summed E-state index contributed by atoms with van der Waals surface area (Å²) in [5.41, 5.74) is -2.58. The van der Waals surface area contributed by atoms with Crippen LogP contribution >= 0.6 is 0 Å². The number of methoxy groups -OCH3 is 1. The normalized spacial score (nSPS) is 19.7. The van der Waals surface area contributed by atoms with Crippen LogP contribution in [0.15, 0.2) is 54.1 Å². The summed E-state index contributed by atoms with van der Waals surface area (Å²) in [6.07, 6.45) is -15.6. The number of carbonyl (C=O) groups excluding carboxylic acids is 2. The smallest absolute Gasteiger partial charge is 0.417 e. The Morgan fingerprint density at radius 2 is 1.51 bits per heavy atom. The number of benzene rings is 3. The number of hydrogen-bond donors (Lipinski definition) is 0. The van der Waals surface area contributed by atoms with Crippen LogP contribution in [0, 0.1) is 12.3 Å². The minimum atomic E-state index is -5.11. The van der Waals surface area contributed by atoms with Gasteiger partial charge in [0.15, 0.2) is 0 Å². The van der Waals surface area contributed by atoms with E-state index in [0.717, 1.165) is 6.07 Å². The van der Waals surface area contributed by atoms with Crippen molar-refractivity contribution in [2.24, 2.45) is 5.41 Å². The van der Waals surface area contributed by atoms with E-state index in [0.29, 0.717) is 60.0 Å². The van der Waals surface area contributed by atoms with Crippen molar-refractivity contribution in [3.8, 4) is 16.9 Å². The molecule has 0 aromatic heterocycles. The van der Waals surface area contributed by atoms with Crippen molar-refractivity contribution in [1.29, 1.82) is 0 Å². The highest BCUT2D eigenvalue weighted by Crippen LogP contribution is 2.49. The van der Waals surface area contributed by atoms with Crippen LogP contribution in [-0.4, -0.2) is 37.0 Å². The molecule has 1 aliphatic heterocycles. The number of aldehydes is 1. The maximum atomic E-state index is 14.5. The monoisotopic (exact) mass is 727 g/mol. The van der Waals surface area contributed by atoms with Crippen molar-refractivity contribution in [2.45, 2.75) is 77.6 Å². The van der Waals surface area contributed by atoms with Crippen molar-refractivity contribution in [2.75, 3.05) is 13.7 Å². The molecular weight excluding hydrogens is 693 g/mol. The number of rotatable bonds is 7. The molecule has 0 N–H and O–H groups in total. The minimum Gasteiger partial charge on any atom is -0.496 e. The summed E-state index contributed by atoms with van der Waals surface area (Å²) in [6.45, 7) is 6.80. The Labute approximate surface area is 288 Å². The Balaban J connectivity index is 1.63. The van der Waals surface area contributed by atoms with Gasteiger partial charge in [-0.3, -0.25) is 9.69 Å². The summed E-state index contributed by atoms with van der Waals surface area (Å²) in [5, 5.41) is 0.